The Bertz CT molecular complexity index is 379. The molecule has 100 valence electrons. The molecule has 0 spiro atoms. The zero-order chi connectivity index (χ0) is 13.4. The number of ether oxygens (including phenoxy) is 1. The number of carbonyl (C=O) groups is 1. The number of benzene rings is 1. The van der Waals surface area contributed by atoms with Crippen LogP contribution in [0.1, 0.15) is 17.5 Å². The largest absolute Gasteiger partial charge is 0.481 e. The van der Waals surface area contributed by atoms with Gasteiger partial charge in [-0.25, -0.2) is 0 Å². The summed E-state index contributed by atoms with van der Waals surface area (Å²) in [4.78, 5) is 13.0. The van der Waals surface area contributed by atoms with Crippen molar-refractivity contribution in [3.63, 3.8) is 0 Å². The molecule has 0 unspecified atom stereocenters. The minimum absolute atomic E-state index is 0.0854. The zero-order valence-corrected chi connectivity index (χ0v) is 11.1. The van der Waals surface area contributed by atoms with Crippen molar-refractivity contribution in [3.8, 4) is 0 Å². The van der Waals surface area contributed by atoms with Crippen LogP contribution >= 0.6 is 0 Å². The van der Waals surface area contributed by atoms with E-state index < -0.39 is 5.97 Å². The lowest BCUT2D eigenvalue weighted by molar-refractivity contribution is -0.136. The van der Waals surface area contributed by atoms with Crippen LogP contribution < -0.4 is 0 Å². The highest BCUT2D eigenvalue weighted by Gasteiger charge is 2.08. The Balaban J connectivity index is 2.57. The van der Waals surface area contributed by atoms with E-state index in [-0.39, 0.29) is 6.42 Å². The van der Waals surface area contributed by atoms with Crippen LogP contribution in [0.3, 0.4) is 0 Å². The molecule has 0 saturated heterocycles. The first kappa shape index (κ1) is 14.7. The molecule has 0 aliphatic heterocycles. The maximum atomic E-state index is 10.8. The van der Waals surface area contributed by atoms with Crippen LogP contribution in [-0.2, 0) is 22.5 Å². The van der Waals surface area contributed by atoms with Crippen molar-refractivity contribution in [2.45, 2.75) is 19.4 Å². The van der Waals surface area contributed by atoms with Crippen LogP contribution in [0, 0.1) is 0 Å². The van der Waals surface area contributed by atoms with Crippen molar-refractivity contribution in [1.29, 1.82) is 0 Å². The lowest BCUT2D eigenvalue weighted by Gasteiger charge is -2.18. The van der Waals surface area contributed by atoms with Crippen molar-refractivity contribution in [1.82, 2.24) is 4.90 Å². The van der Waals surface area contributed by atoms with Crippen LogP contribution in [0.5, 0.6) is 0 Å². The summed E-state index contributed by atoms with van der Waals surface area (Å²) < 4.78 is 5.01. The summed E-state index contributed by atoms with van der Waals surface area (Å²) in [7, 11) is 3.73. The van der Waals surface area contributed by atoms with Crippen molar-refractivity contribution >= 4 is 5.97 Å². The van der Waals surface area contributed by atoms with E-state index in [1.165, 1.54) is 0 Å². The van der Waals surface area contributed by atoms with Crippen LogP contribution in [0.2, 0.25) is 0 Å². The van der Waals surface area contributed by atoms with Gasteiger partial charge in [0.15, 0.2) is 0 Å². The molecule has 0 fully saturated rings. The molecule has 0 saturated carbocycles. The molecule has 0 radical (unpaired) electrons. The lowest BCUT2D eigenvalue weighted by atomic mass is 10.0. The minimum atomic E-state index is -0.788. The van der Waals surface area contributed by atoms with Gasteiger partial charge in [0.05, 0.1) is 6.42 Å². The second-order valence-electron chi connectivity index (χ2n) is 4.42. The number of hydrogen-bond donors (Lipinski definition) is 1. The van der Waals surface area contributed by atoms with Gasteiger partial charge in [0, 0.05) is 26.8 Å². The van der Waals surface area contributed by atoms with Gasteiger partial charge in [-0.1, -0.05) is 24.3 Å². The van der Waals surface area contributed by atoms with E-state index in [2.05, 4.69) is 4.90 Å². The monoisotopic (exact) mass is 251 g/mol. The van der Waals surface area contributed by atoms with E-state index in [0.717, 1.165) is 37.2 Å². The molecule has 4 heteroatoms. The van der Waals surface area contributed by atoms with Crippen molar-refractivity contribution < 1.29 is 14.6 Å². The predicted octanol–water partition coefficient (Wildman–Crippen LogP) is 1.78. The summed E-state index contributed by atoms with van der Waals surface area (Å²) in [5.41, 5.74) is 1.98. The maximum absolute atomic E-state index is 10.8. The highest BCUT2D eigenvalue weighted by molar-refractivity contribution is 5.70. The summed E-state index contributed by atoms with van der Waals surface area (Å²) >= 11 is 0. The maximum Gasteiger partial charge on any atom is 0.307 e. The van der Waals surface area contributed by atoms with Crippen LogP contribution in [0.25, 0.3) is 0 Å². The van der Waals surface area contributed by atoms with Crippen LogP contribution in [0.4, 0.5) is 0 Å². The Morgan fingerprint density at radius 1 is 1.33 bits per heavy atom. The summed E-state index contributed by atoms with van der Waals surface area (Å²) in [5.74, 6) is -0.788. The predicted molar refractivity (Wildman–Crippen MR) is 70.6 cm³/mol. The molecule has 0 aliphatic rings. The molecule has 1 aromatic carbocycles. The molecule has 4 nitrogen and oxygen atoms in total. The molecule has 0 heterocycles. The minimum Gasteiger partial charge on any atom is -0.481 e. The van der Waals surface area contributed by atoms with Gasteiger partial charge in [-0.15, -0.1) is 0 Å². The summed E-state index contributed by atoms with van der Waals surface area (Å²) in [6.07, 6.45) is 1.07. The highest BCUT2D eigenvalue weighted by Crippen LogP contribution is 2.12. The third-order valence-corrected chi connectivity index (χ3v) is 2.79. The molecule has 0 atom stereocenters. The molecule has 1 N–H and O–H groups in total. The van der Waals surface area contributed by atoms with Gasteiger partial charge in [0.25, 0.3) is 0 Å². The fourth-order valence-corrected chi connectivity index (χ4v) is 1.90. The van der Waals surface area contributed by atoms with Crippen molar-refractivity contribution in [3.05, 3.63) is 35.4 Å². The van der Waals surface area contributed by atoms with Gasteiger partial charge in [-0.2, -0.15) is 0 Å². The van der Waals surface area contributed by atoms with Crippen LogP contribution in [-0.4, -0.2) is 43.3 Å². The lowest BCUT2D eigenvalue weighted by Crippen LogP contribution is -2.21. The van der Waals surface area contributed by atoms with E-state index in [0.29, 0.717) is 0 Å². The van der Waals surface area contributed by atoms with Crippen molar-refractivity contribution in [2.75, 3.05) is 27.3 Å². The Morgan fingerprint density at radius 3 is 2.61 bits per heavy atom. The van der Waals surface area contributed by atoms with Gasteiger partial charge in [-0.05, 0) is 24.6 Å². The molecular formula is C14H21NO3. The Kier molecular flexibility index (Phi) is 6.39. The van der Waals surface area contributed by atoms with Gasteiger partial charge >= 0.3 is 5.97 Å². The highest BCUT2D eigenvalue weighted by atomic mass is 16.5. The van der Waals surface area contributed by atoms with E-state index in [4.69, 9.17) is 9.84 Å². The third kappa shape index (κ3) is 5.29. The molecule has 18 heavy (non-hydrogen) atoms. The Labute approximate surface area is 108 Å². The second-order valence-corrected chi connectivity index (χ2v) is 4.42. The molecule has 1 rings (SSSR count). The first-order valence-corrected chi connectivity index (χ1v) is 6.09. The fraction of sp³-hybridized carbons (Fsp3) is 0.500. The standard InChI is InChI=1S/C14H21NO3/c1-15(8-5-9-18-2)11-13-7-4-3-6-12(13)10-14(16)17/h3-4,6-7H,5,8-11H2,1-2H3,(H,16,17). The number of rotatable bonds is 8. The normalized spacial score (nSPS) is 10.8. The quantitative estimate of drug-likeness (QED) is 0.716. The molecule has 0 aliphatic carbocycles. The van der Waals surface area contributed by atoms with Gasteiger partial charge in [-0.3, -0.25) is 4.79 Å². The summed E-state index contributed by atoms with van der Waals surface area (Å²) in [6, 6.07) is 7.70. The SMILES string of the molecule is COCCCN(C)Cc1ccccc1CC(=O)O. The van der Waals surface area contributed by atoms with Gasteiger partial charge in [0.1, 0.15) is 0 Å². The number of nitrogens with zero attached hydrogens (tertiary/aromatic N) is 1. The summed E-state index contributed by atoms with van der Waals surface area (Å²) in [6.45, 7) is 2.46. The van der Waals surface area contributed by atoms with Gasteiger partial charge in [0.2, 0.25) is 0 Å². The smallest absolute Gasteiger partial charge is 0.307 e. The third-order valence-electron chi connectivity index (χ3n) is 2.79. The van der Waals surface area contributed by atoms with Crippen LogP contribution in [0.15, 0.2) is 24.3 Å². The number of carboxylic acid groups (broad SMARTS) is 1. The van der Waals surface area contributed by atoms with E-state index in [1.807, 2.05) is 31.3 Å². The second kappa shape index (κ2) is 7.84. The average molecular weight is 251 g/mol. The Hall–Kier alpha value is -1.39. The summed E-state index contributed by atoms with van der Waals surface area (Å²) in [5, 5.41) is 8.87. The number of hydrogen-bond acceptors (Lipinski definition) is 3. The molecule has 0 bridgehead atoms. The fourth-order valence-electron chi connectivity index (χ4n) is 1.90. The topological polar surface area (TPSA) is 49.8 Å². The van der Waals surface area contributed by atoms with E-state index >= 15 is 0 Å². The first-order chi connectivity index (χ1) is 8.63. The molecular weight excluding hydrogens is 230 g/mol. The number of carboxylic acids is 1. The zero-order valence-electron chi connectivity index (χ0n) is 11.1. The van der Waals surface area contributed by atoms with E-state index in [9.17, 15) is 4.79 Å². The van der Waals surface area contributed by atoms with E-state index in [1.54, 1.807) is 7.11 Å². The molecule has 1 aromatic rings. The molecule has 0 amide bonds. The van der Waals surface area contributed by atoms with Gasteiger partial charge < -0.3 is 14.7 Å². The van der Waals surface area contributed by atoms with Crippen molar-refractivity contribution in [2.24, 2.45) is 0 Å². The Morgan fingerprint density at radius 2 is 2.00 bits per heavy atom. The number of methoxy groups -OCH3 is 1. The average Bonchev–Trinajstić information content (AvgIpc) is 2.31. The molecule has 0 aromatic heterocycles. The number of aliphatic carboxylic acids is 1. The first-order valence-electron chi connectivity index (χ1n) is 6.09.